The van der Waals surface area contributed by atoms with Crippen LogP contribution in [0.4, 0.5) is 0 Å². The zero-order valence-corrected chi connectivity index (χ0v) is 11.4. The van der Waals surface area contributed by atoms with Crippen molar-refractivity contribution in [1.82, 2.24) is 0 Å². The highest BCUT2D eigenvalue weighted by Crippen LogP contribution is 2.33. The normalized spacial score (nSPS) is 10.4. The van der Waals surface area contributed by atoms with Crippen molar-refractivity contribution in [2.45, 2.75) is 27.7 Å². The van der Waals surface area contributed by atoms with Crippen molar-refractivity contribution in [2.75, 3.05) is 0 Å². The fourth-order valence-corrected chi connectivity index (χ4v) is 2.58. The van der Waals surface area contributed by atoms with Crippen molar-refractivity contribution >= 4 is 6.29 Å². The molecule has 0 unspecified atom stereocenters. The summed E-state index contributed by atoms with van der Waals surface area (Å²) in [5.74, 6) is 0. The van der Waals surface area contributed by atoms with Crippen LogP contribution in [-0.2, 0) is 0 Å². The molecule has 0 aliphatic carbocycles. The van der Waals surface area contributed by atoms with Gasteiger partial charge in [0.2, 0.25) is 0 Å². The van der Waals surface area contributed by atoms with Gasteiger partial charge in [-0.2, -0.15) is 0 Å². The molecule has 0 heterocycles. The van der Waals surface area contributed by atoms with Crippen molar-refractivity contribution in [1.29, 1.82) is 0 Å². The fraction of sp³-hybridized carbons (Fsp3) is 0.235. The predicted molar refractivity (Wildman–Crippen MR) is 76.2 cm³/mol. The van der Waals surface area contributed by atoms with Gasteiger partial charge in [-0.15, -0.1) is 0 Å². The van der Waals surface area contributed by atoms with Crippen LogP contribution in [0.15, 0.2) is 30.3 Å². The summed E-state index contributed by atoms with van der Waals surface area (Å²) in [6.07, 6.45) is 0.976. The highest BCUT2D eigenvalue weighted by atomic mass is 16.1. The van der Waals surface area contributed by atoms with Crippen LogP contribution in [0.5, 0.6) is 0 Å². The molecular weight excluding hydrogens is 220 g/mol. The number of carbonyl (C=O) groups excluding carboxylic acids is 1. The summed E-state index contributed by atoms with van der Waals surface area (Å²) in [6.45, 7) is 8.27. The Balaban J connectivity index is 2.84. The summed E-state index contributed by atoms with van der Waals surface area (Å²) < 4.78 is 0. The summed E-state index contributed by atoms with van der Waals surface area (Å²) in [7, 11) is 0. The highest BCUT2D eigenvalue weighted by Gasteiger charge is 2.15. The van der Waals surface area contributed by atoms with Gasteiger partial charge in [-0.3, -0.25) is 4.79 Å². The van der Waals surface area contributed by atoms with Crippen molar-refractivity contribution in [3.63, 3.8) is 0 Å². The van der Waals surface area contributed by atoms with Gasteiger partial charge in [0.1, 0.15) is 0 Å². The van der Waals surface area contributed by atoms with E-state index in [0.29, 0.717) is 0 Å². The van der Waals surface area contributed by atoms with E-state index in [1.807, 2.05) is 32.0 Å². The molecule has 92 valence electrons. The maximum atomic E-state index is 11.3. The van der Waals surface area contributed by atoms with E-state index in [9.17, 15) is 4.79 Å². The van der Waals surface area contributed by atoms with Gasteiger partial charge in [0.25, 0.3) is 0 Å². The van der Waals surface area contributed by atoms with Crippen LogP contribution in [0.2, 0.25) is 0 Å². The number of hydrogen-bond acceptors (Lipinski definition) is 1. The molecule has 0 spiro atoms. The molecule has 2 aromatic carbocycles. The average molecular weight is 238 g/mol. The number of benzene rings is 2. The van der Waals surface area contributed by atoms with E-state index in [1.54, 1.807) is 0 Å². The monoisotopic (exact) mass is 238 g/mol. The van der Waals surface area contributed by atoms with Crippen LogP contribution in [0.3, 0.4) is 0 Å². The zero-order chi connectivity index (χ0) is 13.3. The lowest BCUT2D eigenvalue weighted by Crippen LogP contribution is -2.01. The zero-order valence-electron chi connectivity index (χ0n) is 11.4. The molecule has 1 nitrogen and oxygen atoms in total. The summed E-state index contributed by atoms with van der Waals surface area (Å²) in [6, 6.07) is 10.3. The van der Waals surface area contributed by atoms with Gasteiger partial charge in [-0.05, 0) is 61.1 Å². The highest BCUT2D eigenvalue weighted by molar-refractivity contribution is 5.87. The van der Waals surface area contributed by atoms with Crippen molar-refractivity contribution < 1.29 is 4.79 Å². The van der Waals surface area contributed by atoms with Gasteiger partial charge < -0.3 is 0 Å². The van der Waals surface area contributed by atoms with Crippen LogP contribution in [0, 0.1) is 27.7 Å². The number of rotatable bonds is 2. The van der Waals surface area contributed by atoms with Crippen LogP contribution in [0.25, 0.3) is 11.1 Å². The minimum absolute atomic E-state index is 0.831. The summed E-state index contributed by atoms with van der Waals surface area (Å²) in [4.78, 5) is 11.3. The fourth-order valence-electron chi connectivity index (χ4n) is 2.58. The van der Waals surface area contributed by atoms with Crippen molar-refractivity contribution in [2.24, 2.45) is 0 Å². The first-order chi connectivity index (χ1) is 8.57. The largest absolute Gasteiger partial charge is 0.298 e. The third kappa shape index (κ3) is 1.86. The Morgan fingerprint density at radius 3 is 1.94 bits per heavy atom. The Hall–Kier alpha value is -1.89. The predicted octanol–water partition coefficient (Wildman–Crippen LogP) is 4.40. The Labute approximate surface area is 108 Å². The molecule has 1 heteroatoms. The molecule has 0 amide bonds. The van der Waals surface area contributed by atoms with Gasteiger partial charge in [0, 0.05) is 5.56 Å². The lowest BCUT2D eigenvalue weighted by Gasteiger charge is -2.18. The van der Waals surface area contributed by atoms with Crippen LogP contribution in [0.1, 0.15) is 32.6 Å². The van der Waals surface area contributed by atoms with Crippen LogP contribution < -0.4 is 0 Å². The Morgan fingerprint density at radius 1 is 0.778 bits per heavy atom. The van der Waals surface area contributed by atoms with E-state index in [1.165, 1.54) is 22.3 Å². The van der Waals surface area contributed by atoms with E-state index in [0.717, 1.165) is 23.0 Å². The second-order valence-electron chi connectivity index (χ2n) is 4.77. The summed E-state index contributed by atoms with van der Waals surface area (Å²) in [5.41, 5.74) is 7.86. The molecule has 0 aromatic heterocycles. The van der Waals surface area contributed by atoms with Crippen LogP contribution >= 0.6 is 0 Å². The summed E-state index contributed by atoms with van der Waals surface area (Å²) in [5, 5.41) is 0. The molecule has 0 N–H and O–H groups in total. The third-order valence-electron chi connectivity index (χ3n) is 3.86. The minimum Gasteiger partial charge on any atom is -0.298 e. The number of carbonyl (C=O) groups is 1. The lowest BCUT2D eigenvalue weighted by atomic mass is 9.86. The SMILES string of the molecule is Cc1c(C)c(C=O)c(C)c(-c2ccccc2)c1C. The van der Waals surface area contributed by atoms with E-state index in [-0.39, 0.29) is 0 Å². The molecule has 0 aliphatic heterocycles. The molecule has 0 bridgehead atoms. The van der Waals surface area contributed by atoms with E-state index in [4.69, 9.17) is 0 Å². The molecule has 0 aliphatic rings. The van der Waals surface area contributed by atoms with E-state index < -0.39 is 0 Å². The first kappa shape index (κ1) is 12.6. The number of hydrogen-bond donors (Lipinski definition) is 0. The van der Waals surface area contributed by atoms with E-state index in [2.05, 4.69) is 26.0 Å². The average Bonchev–Trinajstić information content (AvgIpc) is 2.38. The Morgan fingerprint density at radius 2 is 1.39 bits per heavy atom. The molecule has 0 saturated carbocycles. The molecule has 0 fully saturated rings. The van der Waals surface area contributed by atoms with E-state index >= 15 is 0 Å². The number of aldehydes is 1. The summed E-state index contributed by atoms with van der Waals surface area (Å²) >= 11 is 0. The van der Waals surface area contributed by atoms with Gasteiger partial charge in [0.05, 0.1) is 0 Å². The van der Waals surface area contributed by atoms with Gasteiger partial charge in [-0.1, -0.05) is 30.3 Å². The van der Waals surface area contributed by atoms with Gasteiger partial charge in [0.15, 0.2) is 6.29 Å². The first-order valence-corrected chi connectivity index (χ1v) is 6.19. The van der Waals surface area contributed by atoms with Gasteiger partial charge in [-0.25, -0.2) is 0 Å². The Bertz CT molecular complexity index is 595. The minimum atomic E-state index is 0.831. The molecule has 0 radical (unpaired) electrons. The first-order valence-electron chi connectivity index (χ1n) is 6.19. The molecule has 0 atom stereocenters. The van der Waals surface area contributed by atoms with Crippen molar-refractivity contribution in [3.05, 3.63) is 58.1 Å². The molecular formula is C17H18O. The van der Waals surface area contributed by atoms with Crippen molar-refractivity contribution in [3.8, 4) is 11.1 Å². The molecule has 0 saturated heterocycles. The van der Waals surface area contributed by atoms with Gasteiger partial charge >= 0.3 is 0 Å². The second kappa shape index (κ2) is 4.77. The van der Waals surface area contributed by atoms with Crippen LogP contribution in [-0.4, -0.2) is 6.29 Å². The smallest absolute Gasteiger partial charge is 0.150 e. The maximum Gasteiger partial charge on any atom is 0.150 e. The quantitative estimate of drug-likeness (QED) is 0.709. The topological polar surface area (TPSA) is 17.1 Å². The molecule has 2 aromatic rings. The maximum absolute atomic E-state index is 11.3. The Kier molecular flexibility index (Phi) is 3.33. The molecule has 18 heavy (non-hydrogen) atoms. The molecule has 2 rings (SSSR count). The third-order valence-corrected chi connectivity index (χ3v) is 3.86. The lowest BCUT2D eigenvalue weighted by molar-refractivity contribution is 0.112. The second-order valence-corrected chi connectivity index (χ2v) is 4.77. The standard InChI is InChI=1S/C17H18O/c1-11-12(2)16(10-18)14(4)17(13(11)3)15-8-6-5-7-9-15/h5-10H,1-4H3.